The molecule has 0 atom stereocenters. The number of thioether (sulfide) groups is 1. The lowest BCUT2D eigenvalue weighted by atomic mass is 10.1. The SMILES string of the molecule is COc1ccc(Cl)cc1-c1ccc(/C=C2/SC(=O)N(CC(=O)OC(C)C)C2=O)o1. The van der Waals surface area contributed by atoms with Gasteiger partial charge in [0.15, 0.2) is 0 Å². The highest BCUT2D eigenvalue weighted by Gasteiger charge is 2.37. The Morgan fingerprint density at radius 2 is 2.03 bits per heavy atom. The summed E-state index contributed by atoms with van der Waals surface area (Å²) in [4.78, 5) is 37.4. The van der Waals surface area contributed by atoms with E-state index in [1.165, 1.54) is 13.2 Å². The standard InChI is InChI=1S/C20H18ClNO6S/c1-11(2)27-18(23)10-22-19(24)17(29-20(22)25)9-13-5-7-16(28-13)14-8-12(21)4-6-15(14)26-3/h4-9,11H,10H2,1-3H3/b17-9+. The van der Waals surface area contributed by atoms with Crippen molar-refractivity contribution in [3.8, 4) is 17.1 Å². The molecule has 0 saturated carbocycles. The Kier molecular flexibility index (Phi) is 6.34. The number of furan rings is 1. The number of carbonyl (C=O) groups is 3. The van der Waals surface area contributed by atoms with Crippen LogP contribution in [-0.2, 0) is 14.3 Å². The van der Waals surface area contributed by atoms with Gasteiger partial charge in [-0.3, -0.25) is 19.3 Å². The highest BCUT2D eigenvalue weighted by atomic mass is 35.5. The lowest BCUT2D eigenvalue weighted by Crippen LogP contribution is -2.35. The van der Waals surface area contributed by atoms with Crippen LogP contribution in [0.3, 0.4) is 0 Å². The first-order valence-electron chi connectivity index (χ1n) is 8.67. The summed E-state index contributed by atoms with van der Waals surface area (Å²) in [7, 11) is 1.54. The number of rotatable bonds is 6. The third-order valence-electron chi connectivity index (χ3n) is 3.86. The first kappa shape index (κ1) is 21.0. The average Bonchev–Trinajstić information content (AvgIpc) is 3.21. The van der Waals surface area contributed by atoms with Crippen LogP contribution in [0.1, 0.15) is 19.6 Å². The van der Waals surface area contributed by atoms with Crippen molar-refractivity contribution in [1.29, 1.82) is 0 Å². The van der Waals surface area contributed by atoms with Crippen LogP contribution >= 0.6 is 23.4 Å². The number of ether oxygens (including phenoxy) is 2. The summed E-state index contributed by atoms with van der Waals surface area (Å²) in [5.41, 5.74) is 0.657. The second kappa shape index (κ2) is 8.75. The van der Waals surface area contributed by atoms with E-state index in [-0.39, 0.29) is 11.0 Å². The molecule has 0 radical (unpaired) electrons. The van der Waals surface area contributed by atoms with Gasteiger partial charge in [0.2, 0.25) is 0 Å². The van der Waals surface area contributed by atoms with E-state index in [1.807, 2.05) is 0 Å². The van der Waals surface area contributed by atoms with E-state index in [4.69, 9.17) is 25.5 Å². The molecule has 9 heteroatoms. The van der Waals surface area contributed by atoms with Gasteiger partial charge < -0.3 is 13.9 Å². The summed E-state index contributed by atoms with van der Waals surface area (Å²) in [6.45, 7) is 2.95. The number of carbonyl (C=O) groups excluding carboxylic acids is 3. The summed E-state index contributed by atoms with van der Waals surface area (Å²) >= 11 is 6.79. The van der Waals surface area contributed by atoms with Crippen molar-refractivity contribution in [2.45, 2.75) is 20.0 Å². The number of hydrogen-bond donors (Lipinski definition) is 0. The van der Waals surface area contributed by atoms with Gasteiger partial charge >= 0.3 is 5.97 Å². The fourth-order valence-electron chi connectivity index (χ4n) is 2.64. The zero-order valence-electron chi connectivity index (χ0n) is 15.9. The molecule has 7 nitrogen and oxygen atoms in total. The fourth-order valence-corrected chi connectivity index (χ4v) is 3.63. The predicted molar refractivity (Wildman–Crippen MR) is 110 cm³/mol. The van der Waals surface area contributed by atoms with Crippen LogP contribution in [0.5, 0.6) is 5.75 Å². The molecule has 1 aliphatic heterocycles. The molecule has 2 heterocycles. The van der Waals surface area contributed by atoms with Gasteiger partial charge in [-0.05, 0) is 55.9 Å². The highest BCUT2D eigenvalue weighted by molar-refractivity contribution is 8.18. The van der Waals surface area contributed by atoms with E-state index in [2.05, 4.69) is 0 Å². The molecule has 1 aromatic heterocycles. The topological polar surface area (TPSA) is 86.0 Å². The molecule has 2 aromatic rings. The van der Waals surface area contributed by atoms with Crippen molar-refractivity contribution in [2.24, 2.45) is 0 Å². The maximum absolute atomic E-state index is 12.5. The van der Waals surface area contributed by atoms with Gasteiger partial charge in [-0.2, -0.15) is 0 Å². The maximum atomic E-state index is 12.5. The Morgan fingerprint density at radius 3 is 2.72 bits per heavy atom. The number of halogens is 1. The molecular weight excluding hydrogens is 418 g/mol. The molecule has 152 valence electrons. The summed E-state index contributed by atoms with van der Waals surface area (Å²) in [6.07, 6.45) is 1.13. The summed E-state index contributed by atoms with van der Waals surface area (Å²) in [5.74, 6) is 0.239. The zero-order chi connectivity index (χ0) is 21.1. The number of benzene rings is 1. The van der Waals surface area contributed by atoms with E-state index >= 15 is 0 Å². The second-order valence-corrected chi connectivity index (χ2v) is 7.78. The molecule has 3 rings (SSSR count). The van der Waals surface area contributed by atoms with Gasteiger partial charge in [-0.1, -0.05) is 11.6 Å². The zero-order valence-corrected chi connectivity index (χ0v) is 17.5. The molecule has 1 aromatic carbocycles. The summed E-state index contributed by atoms with van der Waals surface area (Å²) in [5, 5.41) is -0.0154. The lowest BCUT2D eigenvalue weighted by Gasteiger charge is -2.13. The number of esters is 1. The van der Waals surface area contributed by atoms with Crippen molar-refractivity contribution >= 4 is 46.6 Å². The number of methoxy groups -OCH3 is 1. The third-order valence-corrected chi connectivity index (χ3v) is 5.00. The number of nitrogens with zero attached hydrogens (tertiary/aromatic N) is 1. The van der Waals surface area contributed by atoms with Crippen molar-refractivity contribution < 1.29 is 28.3 Å². The smallest absolute Gasteiger partial charge is 0.326 e. The first-order valence-corrected chi connectivity index (χ1v) is 9.86. The Balaban J connectivity index is 1.80. The molecular formula is C20H18ClNO6S. The van der Waals surface area contributed by atoms with Gasteiger partial charge in [0.25, 0.3) is 11.1 Å². The van der Waals surface area contributed by atoms with E-state index in [0.717, 1.165) is 16.7 Å². The Hall–Kier alpha value is -2.71. The largest absolute Gasteiger partial charge is 0.496 e. The summed E-state index contributed by atoms with van der Waals surface area (Å²) < 4.78 is 16.1. The number of imide groups is 1. The second-order valence-electron chi connectivity index (χ2n) is 6.35. The Bertz CT molecular complexity index is 997. The lowest BCUT2D eigenvalue weighted by molar-refractivity contribution is -0.149. The van der Waals surface area contributed by atoms with E-state index in [1.54, 1.807) is 44.2 Å². The molecule has 0 aliphatic carbocycles. The molecule has 2 amide bonds. The normalized spacial score (nSPS) is 15.5. The molecule has 0 bridgehead atoms. The van der Waals surface area contributed by atoms with Gasteiger partial charge in [0.1, 0.15) is 23.8 Å². The molecule has 0 unspecified atom stereocenters. The van der Waals surface area contributed by atoms with Crippen molar-refractivity contribution in [3.63, 3.8) is 0 Å². The van der Waals surface area contributed by atoms with Crippen LogP contribution in [0.25, 0.3) is 17.4 Å². The molecule has 29 heavy (non-hydrogen) atoms. The molecule has 0 spiro atoms. The molecule has 1 fully saturated rings. The average molecular weight is 436 g/mol. The molecule has 0 N–H and O–H groups in total. The van der Waals surface area contributed by atoms with Crippen LogP contribution in [-0.4, -0.2) is 41.8 Å². The number of amides is 2. The van der Waals surface area contributed by atoms with Crippen LogP contribution in [0.4, 0.5) is 4.79 Å². The van der Waals surface area contributed by atoms with Crippen LogP contribution in [0, 0.1) is 0 Å². The van der Waals surface area contributed by atoms with Crippen LogP contribution < -0.4 is 4.74 Å². The van der Waals surface area contributed by atoms with Gasteiger partial charge in [0, 0.05) is 11.1 Å². The van der Waals surface area contributed by atoms with Crippen LogP contribution in [0.2, 0.25) is 5.02 Å². The predicted octanol–water partition coefficient (Wildman–Crippen LogP) is 4.60. The summed E-state index contributed by atoms with van der Waals surface area (Å²) in [6, 6.07) is 8.51. The van der Waals surface area contributed by atoms with Gasteiger partial charge in [0.05, 0.1) is 23.7 Å². The quantitative estimate of drug-likeness (QED) is 0.484. The minimum absolute atomic E-state index is 0.159. The highest BCUT2D eigenvalue weighted by Crippen LogP contribution is 2.36. The maximum Gasteiger partial charge on any atom is 0.326 e. The Labute approximate surface area is 176 Å². The monoisotopic (exact) mass is 435 g/mol. The van der Waals surface area contributed by atoms with Crippen molar-refractivity contribution in [1.82, 2.24) is 4.90 Å². The molecule has 1 saturated heterocycles. The molecule has 1 aliphatic rings. The van der Waals surface area contributed by atoms with E-state index < -0.39 is 23.7 Å². The van der Waals surface area contributed by atoms with Gasteiger partial charge in [-0.15, -0.1) is 0 Å². The minimum Gasteiger partial charge on any atom is -0.496 e. The van der Waals surface area contributed by atoms with Gasteiger partial charge in [-0.25, -0.2) is 0 Å². The van der Waals surface area contributed by atoms with E-state index in [0.29, 0.717) is 27.9 Å². The Morgan fingerprint density at radius 1 is 1.28 bits per heavy atom. The first-order chi connectivity index (χ1) is 13.8. The third kappa shape index (κ3) is 4.83. The van der Waals surface area contributed by atoms with Crippen molar-refractivity contribution in [2.75, 3.05) is 13.7 Å². The van der Waals surface area contributed by atoms with E-state index in [9.17, 15) is 14.4 Å². The van der Waals surface area contributed by atoms with Crippen LogP contribution in [0.15, 0.2) is 39.7 Å². The fraction of sp³-hybridized carbons (Fsp3) is 0.250. The minimum atomic E-state index is -0.642. The number of hydrogen-bond acceptors (Lipinski definition) is 7. The van der Waals surface area contributed by atoms with Crippen molar-refractivity contribution in [3.05, 3.63) is 46.0 Å².